The van der Waals surface area contributed by atoms with Crippen molar-refractivity contribution in [1.29, 1.82) is 0 Å². The molecule has 0 unspecified atom stereocenters. The molecule has 148 valence electrons. The molecular weight excluding hydrogens is 375 g/mol. The number of nitrogens with zero attached hydrogens (tertiary/aromatic N) is 1. The van der Waals surface area contributed by atoms with Gasteiger partial charge in [-0.3, -0.25) is 0 Å². The number of halogens is 3. The van der Waals surface area contributed by atoms with Crippen molar-refractivity contribution in [3.05, 3.63) is 108 Å². The molecule has 0 amide bonds. The lowest BCUT2D eigenvalue weighted by molar-refractivity contribution is 0.241. The largest absolute Gasteiger partial charge is 0.428 e. The molecule has 0 N–H and O–H groups in total. The lowest BCUT2D eigenvalue weighted by Crippen LogP contribution is -2.08. The molecule has 0 aliphatic rings. The van der Waals surface area contributed by atoms with Gasteiger partial charge in [-0.2, -0.15) is 13.2 Å². The van der Waals surface area contributed by atoms with E-state index in [-0.39, 0.29) is 5.75 Å². The van der Waals surface area contributed by atoms with Crippen LogP contribution in [0.1, 0.15) is 16.7 Å². The molecule has 5 heteroatoms. The molecular formula is C24H20F3NO. The summed E-state index contributed by atoms with van der Waals surface area (Å²) in [5.74, 6) is 0.000988. The Bertz CT molecular complexity index is 1000. The Kier molecular flexibility index (Phi) is 6.39. The van der Waals surface area contributed by atoms with Crippen molar-refractivity contribution in [2.24, 2.45) is 0 Å². The molecule has 3 aromatic carbocycles. The fourth-order valence-corrected chi connectivity index (χ4v) is 2.83. The number of anilines is 1. The van der Waals surface area contributed by atoms with Gasteiger partial charge in [-0.15, -0.1) is 0 Å². The fraction of sp³-hybridized carbons (Fsp3) is 0.0833. The Balaban J connectivity index is 1.99. The van der Waals surface area contributed by atoms with E-state index in [0.29, 0.717) is 0 Å². The van der Waals surface area contributed by atoms with Crippen LogP contribution in [0, 0.1) is 0 Å². The minimum Gasteiger partial charge on any atom is -0.428 e. The molecule has 0 aliphatic carbocycles. The number of hydrogen-bond acceptors (Lipinski definition) is 2. The summed E-state index contributed by atoms with van der Waals surface area (Å²) < 4.78 is 42.0. The summed E-state index contributed by atoms with van der Waals surface area (Å²) in [5.41, 5.74) is 4.89. The van der Waals surface area contributed by atoms with Crippen LogP contribution < -0.4 is 9.64 Å². The van der Waals surface area contributed by atoms with Crippen molar-refractivity contribution in [2.45, 2.75) is 0 Å². The lowest BCUT2D eigenvalue weighted by atomic mass is 9.95. The van der Waals surface area contributed by atoms with Gasteiger partial charge < -0.3 is 9.64 Å². The second-order valence-corrected chi connectivity index (χ2v) is 6.57. The van der Waals surface area contributed by atoms with Gasteiger partial charge in [0, 0.05) is 19.8 Å². The number of hydrogen-bond donors (Lipinski definition) is 0. The molecule has 0 aliphatic heterocycles. The maximum atomic E-state index is 13.0. The third kappa shape index (κ3) is 5.29. The highest BCUT2D eigenvalue weighted by Crippen LogP contribution is 2.29. The maximum absolute atomic E-state index is 13.0. The van der Waals surface area contributed by atoms with Gasteiger partial charge in [0.1, 0.15) is 5.75 Å². The summed E-state index contributed by atoms with van der Waals surface area (Å²) in [6.45, 7) is 0. The van der Waals surface area contributed by atoms with E-state index in [1.807, 2.05) is 79.7 Å². The summed E-state index contributed by atoms with van der Waals surface area (Å²) in [6.07, 6.45) is -0.442. The quantitative estimate of drug-likeness (QED) is 0.338. The van der Waals surface area contributed by atoms with Crippen LogP contribution in [0.15, 0.2) is 91.0 Å². The first-order valence-corrected chi connectivity index (χ1v) is 8.97. The molecule has 0 fully saturated rings. The Labute approximate surface area is 168 Å². The van der Waals surface area contributed by atoms with Gasteiger partial charge in [-0.25, -0.2) is 0 Å². The van der Waals surface area contributed by atoms with Gasteiger partial charge in [0.05, 0.1) is 0 Å². The van der Waals surface area contributed by atoms with Gasteiger partial charge >= 0.3 is 12.1 Å². The number of ether oxygens (including phenoxy) is 1. The van der Waals surface area contributed by atoms with Crippen LogP contribution in [-0.2, 0) is 0 Å². The number of rotatable bonds is 6. The van der Waals surface area contributed by atoms with Crippen molar-refractivity contribution in [2.75, 3.05) is 19.0 Å². The van der Waals surface area contributed by atoms with E-state index in [4.69, 9.17) is 0 Å². The number of benzene rings is 3. The monoisotopic (exact) mass is 395 g/mol. The average molecular weight is 395 g/mol. The Morgan fingerprint density at radius 1 is 0.759 bits per heavy atom. The molecule has 0 radical (unpaired) electrons. The summed E-state index contributed by atoms with van der Waals surface area (Å²) in [6, 6.07) is 22.4. The molecule has 0 aromatic heterocycles. The third-order valence-corrected chi connectivity index (χ3v) is 4.33. The minimum atomic E-state index is -2.49. The van der Waals surface area contributed by atoms with Crippen LogP contribution in [0.4, 0.5) is 18.9 Å². The molecule has 0 saturated carbocycles. The molecule has 0 saturated heterocycles. The molecule has 29 heavy (non-hydrogen) atoms. The van der Waals surface area contributed by atoms with E-state index in [1.165, 1.54) is 12.1 Å². The van der Waals surface area contributed by atoms with Crippen molar-refractivity contribution in [3.63, 3.8) is 0 Å². The fourth-order valence-electron chi connectivity index (χ4n) is 2.83. The molecule has 0 bridgehead atoms. The molecule has 2 nitrogen and oxygen atoms in total. The maximum Gasteiger partial charge on any atom is 0.344 e. The highest BCUT2D eigenvalue weighted by molar-refractivity contribution is 5.91. The Morgan fingerprint density at radius 2 is 1.31 bits per heavy atom. The standard InChI is InChI=1S/C24H20F3NO/c1-28(2)20-12-8-18(9-13-20)22(16-17-6-4-3-5-7-17)19-10-14-21(15-11-19)29-24(27)23(25)26/h3-16H,1-2H3. The van der Waals surface area contributed by atoms with Crippen molar-refractivity contribution < 1.29 is 17.9 Å². The summed E-state index contributed by atoms with van der Waals surface area (Å²) in [7, 11) is 3.95. The van der Waals surface area contributed by atoms with E-state index in [0.717, 1.165) is 28.0 Å². The zero-order chi connectivity index (χ0) is 20.8. The van der Waals surface area contributed by atoms with Crippen LogP contribution >= 0.6 is 0 Å². The highest BCUT2D eigenvalue weighted by Gasteiger charge is 2.10. The van der Waals surface area contributed by atoms with E-state index >= 15 is 0 Å². The van der Waals surface area contributed by atoms with Crippen LogP contribution in [0.2, 0.25) is 0 Å². The van der Waals surface area contributed by atoms with Crippen molar-refractivity contribution >= 4 is 17.3 Å². The first kappa shape index (κ1) is 20.3. The highest BCUT2D eigenvalue weighted by atomic mass is 19.3. The zero-order valence-electron chi connectivity index (χ0n) is 16.1. The SMILES string of the molecule is CN(C)c1ccc(C(=Cc2ccccc2)c2ccc(OC(F)=C(F)F)cc2)cc1. The summed E-state index contributed by atoms with van der Waals surface area (Å²) in [4.78, 5) is 2.02. The Hall–Kier alpha value is -3.47. The molecule has 0 spiro atoms. The summed E-state index contributed by atoms with van der Waals surface area (Å²) in [5, 5.41) is 0. The van der Waals surface area contributed by atoms with E-state index in [9.17, 15) is 13.2 Å². The predicted molar refractivity (Wildman–Crippen MR) is 112 cm³/mol. The predicted octanol–water partition coefficient (Wildman–Crippen LogP) is 6.76. The normalized spacial score (nSPS) is 11.1. The van der Waals surface area contributed by atoms with Crippen LogP contribution in [0.25, 0.3) is 11.6 Å². The van der Waals surface area contributed by atoms with Crippen LogP contribution in [0.3, 0.4) is 0 Å². The van der Waals surface area contributed by atoms with E-state index in [2.05, 4.69) is 4.74 Å². The second kappa shape index (κ2) is 9.15. The van der Waals surface area contributed by atoms with E-state index < -0.39 is 12.1 Å². The van der Waals surface area contributed by atoms with Gasteiger partial charge in [0.15, 0.2) is 0 Å². The molecule has 0 atom stereocenters. The van der Waals surface area contributed by atoms with Crippen LogP contribution in [0.5, 0.6) is 5.75 Å². The first-order chi connectivity index (χ1) is 13.9. The third-order valence-electron chi connectivity index (χ3n) is 4.33. The molecule has 0 heterocycles. The average Bonchev–Trinajstić information content (AvgIpc) is 2.73. The van der Waals surface area contributed by atoms with Crippen molar-refractivity contribution in [3.8, 4) is 5.75 Å². The molecule has 3 aromatic rings. The smallest absolute Gasteiger partial charge is 0.344 e. The zero-order valence-corrected chi connectivity index (χ0v) is 16.1. The Morgan fingerprint density at radius 3 is 1.83 bits per heavy atom. The molecule has 3 rings (SSSR count). The minimum absolute atomic E-state index is 0.000988. The van der Waals surface area contributed by atoms with Crippen molar-refractivity contribution in [1.82, 2.24) is 0 Å². The van der Waals surface area contributed by atoms with Gasteiger partial charge in [0.2, 0.25) is 0 Å². The first-order valence-electron chi connectivity index (χ1n) is 8.97. The van der Waals surface area contributed by atoms with Crippen LogP contribution in [-0.4, -0.2) is 14.1 Å². The van der Waals surface area contributed by atoms with E-state index in [1.54, 1.807) is 12.1 Å². The topological polar surface area (TPSA) is 12.5 Å². The lowest BCUT2D eigenvalue weighted by Gasteiger charge is -2.15. The van der Waals surface area contributed by atoms with Gasteiger partial charge in [-0.1, -0.05) is 54.6 Å². The summed E-state index contributed by atoms with van der Waals surface area (Å²) >= 11 is 0. The van der Waals surface area contributed by atoms with Gasteiger partial charge in [-0.05, 0) is 52.6 Å². The second-order valence-electron chi connectivity index (χ2n) is 6.57. The van der Waals surface area contributed by atoms with Gasteiger partial charge in [0.25, 0.3) is 0 Å².